The lowest BCUT2D eigenvalue weighted by molar-refractivity contribution is 0.456. The number of benzene rings is 1. The van der Waals surface area contributed by atoms with Crippen LogP contribution in [-0.4, -0.2) is 25.1 Å². The summed E-state index contributed by atoms with van der Waals surface area (Å²) in [6.45, 7) is 0. The van der Waals surface area contributed by atoms with Gasteiger partial charge in [0.1, 0.15) is 5.75 Å². The van der Waals surface area contributed by atoms with Crippen LogP contribution < -0.4 is 4.74 Å². The molecular weight excluding hydrogens is 342 g/mol. The predicted octanol–water partition coefficient (Wildman–Crippen LogP) is 3.87. The molecule has 132 valence electrons. The first kappa shape index (κ1) is 15.6. The van der Waals surface area contributed by atoms with Crippen molar-refractivity contribution in [2.45, 2.75) is 19.3 Å². The van der Waals surface area contributed by atoms with Gasteiger partial charge < -0.3 is 9.15 Å². The van der Waals surface area contributed by atoms with Crippen LogP contribution in [0.4, 0.5) is 0 Å². The minimum absolute atomic E-state index is 0.475. The van der Waals surface area contributed by atoms with Crippen molar-refractivity contribution in [3.8, 4) is 34.5 Å². The van der Waals surface area contributed by atoms with Crippen molar-refractivity contribution in [2.75, 3.05) is 0 Å². The molecule has 0 radical (unpaired) electrons. The molecule has 4 aromatic rings. The number of pyridine rings is 1. The SMILES string of the molecule is c1cncc(-c2nc3c(c(Oc4ccc(-c5nnco5)cc4)n2)CCC3)c1. The predicted molar refractivity (Wildman–Crippen MR) is 97.1 cm³/mol. The van der Waals surface area contributed by atoms with E-state index in [2.05, 4.69) is 20.2 Å². The molecule has 1 aliphatic carbocycles. The molecule has 1 aromatic carbocycles. The second kappa shape index (κ2) is 6.60. The molecule has 0 unspecified atom stereocenters. The maximum absolute atomic E-state index is 6.12. The van der Waals surface area contributed by atoms with Crippen LogP contribution in [0.2, 0.25) is 0 Å². The Balaban J connectivity index is 1.49. The number of hydrogen-bond acceptors (Lipinski definition) is 7. The Hall–Kier alpha value is -3.61. The first-order chi connectivity index (χ1) is 13.4. The van der Waals surface area contributed by atoms with Gasteiger partial charge in [0.2, 0.25) is 18.2 Å². The Labute approximate surface area is 155 Å². The number of ether oxygens (including phenoxy) is 1. The van der Waals surface area contributed by atoms with E-state index in [0.717, 1.165) is 41.6 Å². The van der Waals surface area contributed by atoms with Crippen molar-refractivity contribution in [1.29, 1.82) is 0 Å². The first-order valence-corrected chi connectivity index (χ1v) is 8.71. The van der Waals surface area contributed by atoms with Gasteiger partial charge in [-0.1, -0.05) is 0 Å². The summed E-state index contributed by atoms with van der Waals surface area (Å²) < 4.78 is 11.3. The molecule has 0 aliphatic heterocycles. The van der Waals surface area contributed by atoms with Gasteiger partial charge in [0, 0.05) is 29.1 Å². The molecule has 0 N–H and O–H groups in total. The smallest absolute Gasteiger partial charge is 0.247 e. The van der Waals surface area contributed by atoms with E-state index in [9.17, 15) is 0 Å². The van der Waals surface area contributed by atoms with Crippen LogP contribution >= 0.6 is 0 Å². The van der Waals surface area contributed by atoms with Gasteiger partial charge in [-0.2, -0.15) is 4.98 Å². The third kappa shape index (κ3) is 3.03. The minimum atomic E-state index is 0.475. The summed E-state index contributed by atoms with van der Waals surface area (Å²) in [6, 6.07) is 11.3. The highest BCUT2D eigenvalue weighted by atomic mass is 16.5. The molecular formula is C20H15N5O2. The topological polar surface area (TPSA) is 86.8 Å². The zero-order valence-electron chi connectivity index (χ0n) is 14.4. The van der Waals surface area contributed by atoms with Crippen LogP contribution in [0.25, 0.3) is 22.8 Å². The molecule has 1 aliphatic rings. The fourth-order valence-corrected chi connectivity index (χ4v) is 3.18. The molecule has 0 saturated heterocycles. The van der Waals surface area contributed by atoms with E-state index in [1.807, 2.05) is 36.4 Å². The molecule has 0 bridgehead atoms. The number of aryl methyl sites for hydroxylation is 1. The quantitative estimate of drug-likeness (QED) is 0.548. The maximum Gasteiger partial charge on any atom is 0.247 e. The molecule has 0 fully saturated rings. The fourth-order valence-electron chi connectivity index (χ4n) is 3.18. The van der Waals surface area contributed by atoms with Crippen molar-refractivity contribution in [1.82, 2.24) is 25.1 Å². The summed E-state index contributed by atoms with van der Waals surface area (Å²) in [4.78, 5) is 13.5. The molecule has 0 amide bonds. The van der Waals surface area contributed by atoms with E-state index in [1.54, 1.807) is 12.4 Å². The standard InChI is InChI=1S/C20H15N5O2/c1-4-16-17(5-1)23-18(14-3-2-10-21-11-14)24-20(16)27-15-8-6-13(7-9-15)19-25-22-12-26-19/h2-3,6-12H,1,4-5H2. The lowest BCUT2D eigenvalue weighted by atomic mass is 10.2. The van der Waals surface area contributed by atoms with Gasteiger partial charge in [-0.15, -0.1) is 10.2 Å². The second-order valence-electron chi connectivity index (χ2n) is 6.24. The number of hydrogen-bond donors (Lipinski definition) is 0. The van der Waals surface area contributed by atoms with Crippen LogP contribution in [-0.2, 0) is 12.8 Å². The molecule has 3 heterocycles. The van der Waals surface area contributed by atoms with Gasteiger partial charge in [0.15, 0.2) is 5.82 Å². The molecule has 7 heteroatoms. The van der Waals surface area contributed by atoms with Crippen molar-refractivity contribution in [2.24, 2.45) is 0 Å². The third-order valence-electron chi connectivity index (χ3n) is 4.49. The molecule has 3 aromatic heterocycles. The van der Waals surface area contributed by atoms with Crippen LogP contribution in [0.3, 0.4) is 0 Å². The lowest BCUT2D eigenvalue weighted by Gasteiger charge is -2.11. The third-order valence-corrected chi connectivity index (χ3v) is 4.49. The van der Waals surface area contributed by atoms with Crippen molar-refractivity contribution in [3.05, 3.63) is 66.4 Å². The summed E-state index contributed by atoms with van der Waals surface area (Å²) >= 11 is 0. The van der Waals surface area contributed by atoms with Crippen molar-refractivity contribution < 1.29 is 9.15 Å². The van der Waals surface area contributed by atoms with E-state index in [-0.39, 0.29) is 0 Å². The molecule has 7 nitrogen and oxygen atoms in total. The van der Waals surface area contributed by atoms with Crippen LogP contribution in [0.5, 0.6) is 11.6 Å². The summed E-state index contributed by atoms with van der Waals surface area (Å²) in [5.74, 6) is 2.43. The zero-order valence-corrected chi connectivity index (χ0v) is 14.4. The normalized spacial score (nSPS) is 12.7. The second-order valence-corrected chi connectivity index (χ2v) is 6.24. The maximum atomic E-state index is 6.12. The molecule has 27 heavy (non-hydrogen) atoms. The molecule has 0 spiro atoms. The highest BCUT2D eigenvalue weighted by molar-refractivity contribution is 5.57. The number of nitrogens with zero attached hydrogens (tertiary/aromatic N) is 5. The van der Waals surface area contributed by atoms with E-state index >= 15 is 0 Å². The lowest BCUT2D eigenvalue weighted by Crippen LogP contribution is -2.01. The van der Waals surface area contributed by atoms with Gasteiger partial charge in [0.05, 0.1) is 5.69 Å². The highest BCUT2D eigenvalue weighted by Crippen LogP contribution is 2.33. The Morgan fingerprint density at radius 2 is 1.89 bits per heavy atom. The molecule has 0 atom stereocenters. The van der Waals surface area contributed by atoms with Crippen molar-refractivity contribution >= 4 is 0 Å². The highest BCUT2D eigenvalue weighted by Gasteiger charge is 2.21. The fraction of sp³-hybridized carbons (Fsp3) is 0.150. The van der Waals surface area contributed by atoms with Gasteiger partial charge >= 0.3 is 0 Å². The Bertz CT molecular complexity index is 1060. The summed E-state index contributed by atoms with van der Waals surface area (Å²) in [7, 11) is 0. The summed E-state index contributed by atoms with van der Waals surface area (Å²) in [5, 5.41) is 7.61. The van der Waals surface area contributed by atoms with E-state index in [4.69, 9.17) is 14.1 Å². The Morgan fingerprint density at radius 3 is 2.67 bits per heavy atom. The summed E-state index contributed by atoms with van der Waals surface area (Å²) in [6.07, 6.45) is 7.74. The van der Waals surface area contributed by atoms with Crippen LogP contribution in [0.1, 0.15) is 17.7 Å². The zero-order chi connectivity index (χ0) is 18.1. The average molecular weight is 357 g/mol. The van der Waals surface area contributed by atoms with Crippen LogP contribution in [0, 0.1) is 0 Å². The van der Waals surface area contributed by atoms with Gasteiger partial charge in [0.25, 0.3) is 0 Å². The first-order valence-electron chi connectivity index (χ1n) is 8.71. The number of rotatable bonds is 4. The van der Waals surface area contributed by atoms with E-state index in [1.165, 1.54) is 6.39 Å². The Kier molecular flexibility index (Phi) is 3.82. The minimum Gasteiger partial charge on any atom is -0.439 e. The van der Waals surface area contributed by atoms with Gasteiger partial charge in [-0.3, -0.25) is 4.98 Å². The average Bonchev–Trinajstić information content (AvgIpc) is 3.41. The Morgan fingerprint density at radius 1 is 0.963 bits per heavy atom. The molecule has 0 saturated carbocycles. The van der Waals surface area contributed by atoms with Gasteiger partial charge in [-0.05, 0) is 55.7 Å². The van der Waals surface area contributed by atoms with E-state index in [0.29, 0.717) is 23.3 Å². The molecule has 5 rings (SSSR count). The largest absolute Gasteiger partial charge is 0.439 e. The number of aromatic nitrogens is 5. The summed E-state index contributed by atoms with van der Waals surface area (Å²) in [5.41, 5.74) is 3.86. The van der Waals surface area contributed by atoms with Crippen molar-refractivity contribution in [3.63, 3.8) is 0 Å². The monoisotopic (exact) mass is 357 g/mol. The number of fused-ring (bicyclic) bond motifs is 1. The van der Waals surface area contributed by atoms with Gasteiger partial charge in [-0.25, -0.2) is 4.98 Å². The van der Waals surface area contributed by atoms with E-state index < -0.39 is 0 Å². The van der Waals surface area contributed by atoms with Crippen LogP contribution in [0.15, 0.2) is 59.6 Å².